The Morgan fingerprint density at radius 1 is 1.04 bits per heavy atom. The van der Waals surface area contributed by atoms with Gasteiger partial charge in [0.1, 0.15) is 5.56 Å². The van der Waals surface area contributed by atoms with Crippen molar-refractivity contribution in [3.05, 3.63) is 64.1 Å². The molecule has 132 valence electrons. The lowest BCUT2D eigenvalue weighted by Crippen LogP contribution is -2.51. The highest BCUT2D eigenvalue weighted by atomic mass is 32.2. The van der Waals surface area contributed by atoms with Gasteiger partial charge >= 0.3 is 0 Å². The molecule has 1 N–H and O–H groups in total. The van der Waals surface area contributed by atoms with Gasteiger partial charge in [-0.2, -0.15) is 4.31 Å². The quantitative estimate of drug-likeness (QED) is 0.877. The summed E-state index contributed by atoms with van der Waals surface area (Å²) >= 11 is 0. The predicted octanol–water partition coefficient (Wildman–Crippen LogP) is 0.830. The van der Waals surface area contributed by atoms with Crippen LogP contribution in [0, 0.1) is 6.92 Å². The molecule has 0 spiro atoms. The van der Waals surface area contributed by atoms with Crippen LogP contribution in [0.15, 0.2) is 52.3 Å². The number of hydrogen-bond acceptors (Lipinski definition) is 4. The summed E-state index contributed by atoms with van der Waals surface area (Å²) < 4.78 is 26.7. The Hall–Kier alpha value is -2.45. The van der Waals surface area contributed by atoms with Gasteiger partial charge in [-0.3, -0.25) is 9.59 Å². The van der Waals surface area contributed by atoms with Crippen LogP contribution in [-0.2, 0) is 10.0 Å². The number of carbonyl (C=O) groups excluding carboxylic acids is 1. The number of piperazine rings is 1. The first-order chi connectivity index (χ1) is 11.9. The molecule has 0 unspecified atom stereocenters. The summed E-state index contributed by atoms with van der Waals surface area (Å²) in [6.07, 6.45) is 1.46. The van der Waals surface area contributed by atoms with Crippen molar-refractivity contribution in [2.45, 2.75) is 11.8 Å². The van der Waals surface area contributed by atoms with Gasteiger partial charge in [-0.25, -0.2) is 8.42 Å². The van der Waals surface area contributed by atoms with Crippen LogP contribution in [0.5, 0.6) is 0 Å². The van der Waals surface area contributed by atoms with Gasteiger partial charge in [0.05, 0.1) is 4.90 Å². The second-order valence-electron chi connectivity index (χ2n) is 5.92. The number of aromatic amines is 1. The summed E-state index contributed by atoms with van der Waals surface area (Å²) in [6, 6.07) is 9.75. The van der Waals surface area contributed by atoms with Crippen LogP contribution in [0.25, 0.3) is 0 Å². The van der Waals surface area contributed by atoms with Crippen molar-refractivity contribution in [2.24, 2.45) is 0 Å². The number of aromatic nitrogens is 1. The maximum absolute atomic E-state index is 12.7. The van der Waals surface area contributed by atoms with E-state index in [1.54, 1.807) is 30.3 Å². The van der Waals surface area contributed by atoms with E-state index in [0.29, 0.717) is 0 Å². The average molecular weight is 361 g/mol. The Morgan fingerprint density at radius 3 is 2.28 bits per heavy atom. The Labute approximate surface area is 145 Å². The van der Waals surface area contributed by atoms with E-state index >= 15 is 0 Å². The van der Waals surface area contributed by atoms with E-state index < -0.39 is 15.6 Å². The van der Waals surface area contributed by atoms with E-state index in [1.807, 2.05) is 6.92 Å². The molecule has 0 radical (unpaired) electrons. The summed E-state index contributed by atoms with van der Waals surface area (Å²) in [7, 11) is -3.57. The van der Waals surface area contributed by atoms with Crippen LogP contribution in [0.2, 0.25) is 0 Å². The zero-order valence-corrected chi connectivity index (χ0v) is 14.6. The van der Waals surface area contributed by atoms with E-state index in [-0.39, 0.29) is 42.5 Å². The van der Waals surface area contributed by atoms with Crippen molar-refractivity contribution < 1.29 is 13.2 Å². The maximum Gasteiger partial charge on any atom is 0.260 e. The molecule has 0 bridgehead atoms. The zero-order valence-electron chi connectivity index (χ0n) is 13.8. The van der Waals surface area contributed by atoms with Gasteiger partial charge in [0.15, 0.2) is 0 Å². The van der Waals surface area contributed by atoms with Crippen molar-refractivity contribution in [2.75, 3.05) is 26.2 Å². The second kappa shape index (κ2) is 6.81. The summed E-state index contributed by atoms with van der Waals surface area (Å²) in [5.41, 5.74) is 0.613. The third-order valence-corrected chi connectivity index (χ3v) is 6.15. The molecule has 2 heterocycles. The number of pyridine rings is 1. The SMILES string of the molecule is Cc1ccc(S(=O)(=O)N2CCN(C(=O)c3ccc[nH]c3=O)CC2)cc1. The number of hydrogen-bond donors (Lipinski definition) is 1. The molecule has 3 rings (SSSR count). The third-order valence-electron chi connectivity index (χ3n) is 4.23. The van der Waals surface area contributed by atoms with Gasteiger partial charge < -0.3 is 9.88 Å². The van der Waals surface area contributed by atoms with Crippen molar-refractivity contribution in [1.29, 1.82) is 0 Å². The van der Waals surface area contributed by atoms with E-state index in [9.17, 15) is 18.0 Å². The molecule has 0 atom stereocenters. The fraction of sp³-hybridized carbons (Fsp3) is 0.294. The van der Waals surface area contributed by atoms with Gasteiger partial charge in [0, 0.05) is 32.4 Å². The number of nitrogens with zero attached hydrogens (tertiary/aromatic N) is 2. The van der Waals surface area contributed by atoms with Crippen LogP contribution in [0.1, 0.15) is 15.9 Å². The Morgan fingerprint density at radius 2 is 1.68 bits per heavy atom. The lowest BCUT2D eigenvalue weighted by molar-refractivity contribution is 0.0696. The zero-order chi connectivity index (χ0) is 18.0. The van der Waals surface area contributed by atoms with Crippen LogP contribution < -0.4 is 5.56 Å². The minimum atomic E-state index is -3.57. The van der Waals surface area contributed by atoms with Gasteiger partial charge in [-0.1, -0.05) is 17.7 Å². The largest absolute Gasteiger partial charge is 0.336 e. The summed E-state index contributed by atoms with van der Waals surface area (Å²) in [5.74, 6) is -0.380. The fourth-order valence-electron chi connectivity index (χ4n) is 2.75. The van der Waals surface area contributed by atoms with E-state index in [0.717, 1.165) is 5.56 Å². The smallest absolute Gasteiger partial charge is 0.260 e. The van der Waals surface area contributed by atoms with Crippen LogP contribution in [0.4, 0.5) is 0 Å². The summed E-state index contributed by atoms with van der Waals surface area (Å²) in [6.45, 7) is 2.79. The number of sulfonamides is 1. The van der Waals surface area contributed by atoms with Crippen LogP contribution >= 0.6 is 0 Å². The molecule has 2 aromatic rings. The number of carbonyl (C=O) groups is 1. The van der Waals surface area contributed by atoms with Crippen molar-refractivity contribution in [3.8, 4) is 0 Å². The molecule has 1 saturated heterocycles. The second-order valence-corrected chi connectivity index (χ2v) is 7.86. The van der Waals surface area contributed by atoms with E-state index in [2.05, 4.69) is 4.98 Å². The summed E-state index contributed by atoms with van der Waals surface area (Å²) in [4.78, 5) is 28.4. The van der Waals surface area contributed by atoms with Gasteiger partial charge in [-0.15, -0.1) is 0 Å². The van der Waals surface area contributed by atoms with E-state index in [1.165, 1.54) is 21.5 Å². The predicted molar refractivity (Wildman–Crippen MR) is 92.9 cm³/mol. The first-order valence-electron chi connectivity index (χ1n) is 7.93. The molecule has 1 aliphatic rings. The molecule has 1 aromatic carbocycles. The topological polar surface area (TPSA) is 90.6 Å². The standard InChI is InChI=1S/C17H19N3O4S/c1-13-4-6-14(7-5-13)25(23,24)20-11-9-19(10-12-20)17(22)15-3-2-8-18-16(15)21/h2-8H,9-12H2,1H3,(H,18,21). The Kier molecular flexibility index (Phi) is 4.73. The van der Waals surface area contributed by atoms with E-state index in [4.69, 9.17) is 0 Å². The molecule has 7 nitrogen and oxygen atoms in total. The molecule has 1 amide bonds. The number of benzene rings is 1. The number of rotatable bonds is 3. The third kappa shape index (κ3) is 3.49. The van der Waals surface area contributed by atoms with Crippen LogP contribution in [0.3, 0.4) is 0 Å². The fourth-order valence-corrected chi connectivity index (χ4v) is 4.17. The van der Waals surface area contributed by atoms with Crippen molar-refractivity contribution in [1.82, 2.24) is 14.2 Å². The minimum Gasteiger partial charge on any atom is -0.336 e. The van der Waals surface area contributed by atoms with Crippen molar-refractivity contribution >= 4 is 15.9 Å². The molecule has 0 aliphatic carbocycles. The lowest BCUT2D eigenvalue weighted by atomic mass is 10.2. The Balaban J connectivity index is 1.71. The molecule has 1 fully saturated rings. The van der Waals surface area contributed by atoms with Gasteiger partial charge in [0.25, 0.3) is 11.5 Å². The molecular formula is C17H19N3O4S. The first-order valence-corrected chi connectivity index (χ1v) is 9.37. The highest BCUT2D eigenvalue weighted by Gasteiger charge is 2.30. The number of aryl methyl sites for hydroxylation is 1. The number of amides is 1. The highest BCUT2D eigenvalue weighted by molar-refractivity contribution is 7.89. The maximum atomic E-state index is 12.7. The molecule has 1 aromatic heterocycles. The normalized spacial score (nSPS) is 16.0. The highest BCUT2D eigenvalue weighted by Crippen LogP contribution is 2.18. The van der Waals surface area contributed by atoms with Crippen molar-refractivity contribution in [3.63, 3.8) is 0 Å². The molecule has 0 saturated carbocycles. The average Bonchev–Trinajstić information content (AvgIpc) is 2.62. The Bertz CT molecular complexity index is 927. The first kappa shape index (κ1) is 17.4. The summed E-state index contributed by atoms with van der Waals surface area (Å²) in [5, 5.41) is 0. The number of H-pyrrole nitrogens is 1. The van der Waals surface area contributed by atoms with Gasteiger partial charge in [0.2, 0.25) is 10.0 Å². The molecule has 8 heteroatoms. The molecule has 1 aliphatic heterocycles. The minimum absolute atomic E-state index is 0.0670. The lowest BCUT2D eigenvalue weighted by Gasteiger charge is -2.33. The number of nitrogens with one attached hydrogen (secondary N) is 1. The monoisotopic (exact) mass is 361 g/mol. The molecular weight excluding hydrogens is 342 g/mol. The van der Waals surface area contributed by atoms with Gasteiger partial charge in [-0.05, 0) is 31.2 Å². The molecule has 25 heavy (non-hydrogen) atoms. The van der Waals surface area contributed by atoms with Crippen LogP contribution in [-0.4, -0.2) is 54.7 Å².